The van der Waals surface area contributed by atoms with E-state index in [4.69, 9.17) is 21.1 Å². The molecule has 31 heavy (non-hydrogen) atoms. The molecule has 0 aliphatic heterocycles. The molecule has 1 N–H and O–H groups in total. The summed E-state index contributed by atoms with van der Waals surface area (Å²) >= 11 is 9.91. The van der Waals surface area contributed by atoms with Gasteiger partial charge < -0.3 is 14.8 Å². The van der Waals surface area contributed by atoms with Crippen molar-refractivity contribution < 1.29 is 13.9 Å². The summed E-state index contributed by atoms with van der Waals surface area (Å²) in [5, 5.41) is 4.29. The summed E-state index contributed by atoms with van der Waals surface area (Å²) in [5.41, 5.74) is 1.59. The Morgan fingerprint density at radius 2 is 1.74 bits per heavy atom. The van der Waals surface area contributed by atoms with Crippen LogP contribution in [0.2, 0.25) is 5.02 Å². The third-order valence-electron chi connectivity index (χ3n) is 7.49. The number of ether oxygens (including phenoxy) is 2. The minimum absolute atomic E-state index is 0.0443. The molecule has 0 heterocycles. The second-order valence-electron chi connectivity index (χ2n) is 9.60. The number of halogens is 3. The number of methoxy groups -OCH3 is 1. The molecule has 166 valence electrons. The van der Waals surface area contributed by atoms with Gasteiger partial charge in [-0.2, -0.15) is 0 Å². The Morgan fingerprint density at radius 3 is 2.35 bits per heavy atom. The molecule has 4 aliphatic rings. The van der Waals surface area contributed by atoms with Crippen molar-refractivity contribution in [1.82, 2.24) is 5.32 Å². The number of benzene rings is 2. The summed E-state index contributed by atoms with van der Waals surface area (Å²) in [4.78, 5) is 0. The molecular formula is C25H28BrClFNO2. The zero-order chi connectivity index (χ0) is 21.6. The molecule has 0 unspecified atom stereocenters. The van der Waals surface area contributed by atoms with Gasteiger partial charge in [0.25, 0.3) is 0 Å². The van der Waals surface area contributed by atoms with Crippen LogP contribution in [0.4, 0.5) is 4.39 Å². The summed E-state index contributed by atoms with van der Waals surface area (Å²) in [6, 6.07) is 8.53. The predicted molar refractivity (Wildman–Crippen MR) is 124 cm³/mol. The van der Waals surface area contributed by atoms with E-state index in [0.29, 0.717) is 28.6 Å². The van der Waals surface area contributed by atoms with Crippen LogP contribution in [-0.2, 0) is 13.2 Å². The molecular weight excluding hydrogens is 481 g/mol. The Kier molecular flexibility index (Phi) is 5.95. The van der Waals surface area contributed by atoms with Crippen molar-refractivity contribution in [2.24, 2.45) is 17.8 Å². The van der Waals surface area contributed by atoms with Crippen LogP contribution in [0.3, 0.4) is 0 Å². The fraction of sp³-hybridized carbons (Fsp3) is 0.520. The average molecular weight is 509 g/mol. The molecule has 4 bridgehead atoms. The third kappa shape index (κ3) is 4.21. The van der Waals surface area contributed by atoms with Crippen molar-refractivity contribution in [3.05, 3.63) is 56.8 Å². The van der Waals surface area contributed by atoms with E-state index >= 15 is 0 Å². The van der Waals surface area contributed by atoms with Crippen molar-refractivity contribution >= 4 is 27.5 Å². The highest BCUT2D eigenvalue weighted by atomic mass is 79.9. The monoisotopic (exact) mass is 507 g/mol. The van der Waals surface area contributed by atoms with Crippen molar-refractivity contribution in [2.75, 3.05) is 7.11 Å². The van der Waals surface area contributed by atoms with Gasteiger partial charge in [0.15, 0.2) is 11.5 Å². The molecule has 6 rings (SSSR count). The molecule has 2 aromatic rings. The molecule has 0 radical (unpaired) electrons. The van der Waals surface area contributed by atoms with Crippen LogP contribution in [0, 0.1) is 23.6 Å². The number of hydrogen-bond acceptors (Lipinski definition) is 3. The summed E-state index contributed by atoms with van der Waals surface area (Å²) in [7, 11) is 1.63. The van der Waals surface area contributed by atoms with Gasteiger partial charge >= 0.3 is 0 Å². The zero-order valence-electron chi connectivity index (χ0n) is 17.7. The van der Waals surface area contributed by atoms with Gasteiger partial charge in [0.2, 0.25) is 0 Å². The van der Waals surface area contributed by atoms with Crippen molar-refractivity contribution in [2.45, 2.75) is 57.2 Å². The average Bonchev–Trinajstić information content (AvgIpc) is 2.72. The highest BCUT2D eigenvalue weighted by molar-refractivity contribution is 9.10. The largest absolute Gasteiger partial charge is 0.493 e. The van der Waals surface area contributed by atoms with Gasteiger partial charge in [-0.3, -0.25) is 0 Å². The topological polar surface area (TPSA) is 30.5 Å². The van der Waals surface area contributed by atoms with E-state index in [2.05, 4.69) is 21.2 Å². The summed E-state index contributed by atoms with van der Waals surface area (Å²) < 4.78 is 27.0. The maximum absolute atomic E-state index is 14.3. The molecule has 0 spiro atoms. The minimum atomic E-state index is -0.366. The smallest absolute Gasteiger partial charge is 0.167 e. The molecule has 0 atom stereocenters. The molecule has 0 saturated heterocycles. The molecule has 2 aromatic carbocycles. The number of rotatable bonds is 7. The highest BCUT2D eigenvalue weighted by Gasteiger charge is 2.50. The zero-order valence-corrected chi connectivity index (χ0v) is 20.1. The molecule has 4 fully saturated rings. The van der Waals surface area contributed by atoms with Gasteiger partial charge in [0.05, 0.1) is 12.1 Å². The van der Waals surface area contributed by atoms with Crippen molar-refractivity contribution in [3.63, 3.8) is 0 Å². The molecule has 0 aromatic heterocycles. The van der Waals surface area contributed by atoms with E-state index in [1.807, 2.05) is 12.1 Å². The molecule has 0 amide bonds. The van der Waals surface area contributed by atoms with E-state index in [0.717, 1.165) is 27.8 Å². The van der Waals surface area contributed by atoms with E-state index < -0.39 is 0 Å². The highest BCUT2D eigenvalue weighted by Crippen LogP contribution is 2.55. The van der Waals surface area contributed by atoms with E-state index in [1.54, 1.807) is 19.2 Å². The first-order valence-corrected chi connectivity index (χ1v) is 12.3. The Morgan fingerprint density at radius 1 is 1.06 bits per heavy atom. The third-order valence-corrected chi connectivity index (χ3v) is 8.59. The lowest BCUT2D eigenvalue weighted by Crippen LogP contribution is -2.58. The summed E-state index contributed by atoms with van der Waals surface area (Å²) in [5.74, 6) is 3.55. The molecule has 6 heteroatoms. The molecule has 3 nitrogen and oxygen atoms in total. The van der Waals surface area contributed by atoms with Gasteiger partial charge in [-0.25, -0.2) is 4.39 Å². The second-order valence-corrected chi connectivity index (χ2v) is 10.9. The maximum Gasteiger partial charge on any atom is 0.167 e. The SMILES string of the molecule is COc1ccc(Br)c(CNC23CC4CC(CC(C4)C2)C3)c1OCc1c(F)cccc1Cl. The first-order chi connectivity index (χ1) is 15.0. The van der Waals surface area contributed by atoms with Gasteiger partial charge in [-0.05, 0) is 80.5 Å². The van der Waals surface area contributed by atoms with Crippen LogP contribution in [0.15, 0.2) is 34.8 Å². The van der Waals surface area contributed by atoms with Crippen LogP contribution < -0.4 is 14.8 Å². The van der Waals surface area contributed by atoms with E-state index in [-0.39, 0.29) is 18.0 Å². The van der Waals surface area contributed by atoms with Gasteiger partial charge in [0, 0.05) is 27.7 Å². The lowest BCUT2D eigenvalue weighted by molar-refractivity contribution is -0.0207. The Labute approximate surface area is 196 Å². The van der Waals surface area contributed by atoms with E-state index in [9.17, 15) is 4.39 Å². The van der Waals surface area contributed by atoms with Crippen LogP contribution in [0.25, 0.3) is 0 Å². The quantitative estimate of drug-likeness (QED) is 0.442. The maximum atomic E-state index is 14.3. The van der Waals surface area contributed by atoms with Crippen LogP contribution >= 0.6 is 27.5 Å². The summed E-state index contributed by atoms with van der Waals surface area (Å²) in [6.07, 6.45) is 8.09. The standard InChI is InChI=1S/C25H28BrClFNO2/c1-30-23-6-5-20(26)18(24(23)31-14-19-21(27)3-2-4-22(19)28)13-29-25-10-15-7-16(11-25)9-17(8-15)12-25/h2-6,15-17,29H,7-14H2,1H3. The molecule has 4 aliphatic carbocycles. The minimum Gasteiger partial charge on any atom is -0.493 e. The van der Waals surface area contributed by atoms with Gasteiger partial charge in [-0.15, -0.1) is 0 Å². The Balaban J connectivity index is 1.38. The first-order valence-electron chi connectivity index (χ1n) is 11.1. The first kappa shape index (κ1) is 21.5. The van der Waals surface area contributed by atoms with Crippen molar-refractivity contribution in [3.8, 4) is 11.5 Å². The second kappa shape index (κ2) is 8.57. The Bertz CT molecular complexity index is 927. The normalized spacial score (nSPS) is 28.7. The van der Waals surface area contributed by atoms with Gasteiger partial charge in [0.1, 0.15) is 12.4 Å². The Hall–Kier alpha value is -1.30. The fourth-order valence-electron chi connectivity index (χ4n) is 6.48. The predicted octanol–water partition coefficient (Wildman–Crippen LogP) is 6.89. The summed E-state index contributed by atoms with van der Waals surface area (Å²) in [6.45, 7) is 0.729. The van der Waals surface area contributed by atoms with Gasteiger partial charge in [-0.1, -0.05) is 33.6 Å². The lowest BCUT2D eigenvalue weighted by atomic mass is 9.53. The number of nitrogens with one attached hydrogen (secondary N) is 1. The van der Waals surface area contributed by atoms with Crippen LogP contribution in [0.1, 0.15) is 49.7 Å². The van der Waals surface area contributed by atoms with E-state index in [1.165, 1.54) is 44.6 Å². The fourth-order valence-corrected chi connectivity index (χ4v) is 7.15. The lowest BCUT2D eigenvalue weighted by Gasteiger charge is -2.57. The van der Waals surface area contributed by atoms with Crippen molar-refractivity contribution in [1.29, 1.82) is 0 Å². The van der Waals surface area contributed by atoms with Crippen LogP contribution in [-0.4, -0.2) is 12.6 Å². The van der Waals surface area contributed by atoms with Crippen LogP contribution in [0.5, 0.6) is 11.5 Å². The molecule has 4 saturated carbocycles. The number of hydrogen-bond donors (Lipinski definition) is 1.